The first-order valence-corrected chi connectivity index (χ1v) is 9.87. The summed E-state index contributed by atoms with van der Waals surface area (Å²) in [6.45, 7) is 2.11. The molecule has 0 radical (unpaired) electrons. The molecule has 13 heteroatoms. The second kappa shape index (κ2) is 8.97. The summed E-state index contributed by atoms with van der Waals surface area (Å²) in [6.07, 6.45) is 1.53. The lowest BCUT2D eigenvalue weighted by atomic mass is 10.2. The molecular weight excluding hydrogens is 448 g/mol. The van der Waals surface area contributed by atoms with E-state index in [0.717, 1.165) is 35.0 Å². The molecule has 1 saturated heterocycles. The molecule has 0 bridgehead atoms. The fourth-order valence-corrected chi connectivity index (χ4v) is 3.79. The van der Waals surface area contributed by atoms with E-state index in [1.165, 1.54) is 12.1 Å². The van der Waals surface area contributed by atoms with Gasteiger partial charge < -0.3 is 9.84 Å². The number of hydrogen-bond acceptors (Lipinski definition) is 10. The lowest BCUT2D eigenvalue weighted by molar-refractivity contribution is -0.393. The van der Waals surface area contributed by atoms with Gasteiger partial charge in [0.2, 0.25) is 0 Å². The van der Waals surface area contributed by atoms with E-state index in [4.69, 9.17) is 17.0 Å². The molecule has 160 valence electrons. The second-order valence-electron chi connectivity index (χ2n) is 6.00. The SMILES string of the molecule is CCOc1cc(/C=C2/SC(=S)N(Nc3ccc([N+](=O)[O-])cc3[N+](=O)[O-])C2=O)ccc1O. The van der Waals surface area contributed by atoms with Gasteiger partial charge in [0.05, 0.1) is 27.4 Å². The second-order valence-corrected chi connectivity index (χ2v) is 7.68. The van der Waals surface area contributed by atoms with Crippen LogP contribution in [0.4, 0.5) is 17.1 Å². The quantitative estimate of drug-likeness (QED) is 0.269. The van der Waals surface area contributed by atoms with Crippen LogP contribution >= 0.6 is 24.0 Å². The first kappa shape index (κ1) is 22.0. The Morgan fingerprint density at radius 1 is 1.23 bits per heavy atom. The van der Waals surface area contributed by atoms with Gasteiger partial charge >= 0.3 is 5.69 Å². The third kappa shape index (κ3) is 4.73. The highest BCUT2D eigenvalue weighted by Crippen LogP contribution is 2.36. The Balaban J connectivity index is 1.88. The fourth-order valence-electron chi connectivity index (χ4n) is 2.61. The molecule has 0 aliphatic carbocycles. The Hall–Kier alpha value is -3.71. The number of phenolic OH excluding ortho intramolecular Hbond substituents is 1. The zero-order valence-electron chi connectivity index (χ0n) is 15.8. The number of carbonyl (C=O) groups is 1. The van der Waals surface area contributed by atoms with Crippen LogP contribution in [0.1, 0.15) is 12.5 Å². The third-order valence-electron chi connectivity index (χ3n) is 4.00. The molecule has 31 heavy (non-hydrogen) atoms. The lowest BCUT2D eigenvalue weighted by Gasteiger charge is -2.16. The van der Waals surface area contributed by atoms with Crippen LogP contribution in [0.3, 0.4) is 0 Å². The number of hydrazine groups is 1. The Morgan fingerprint density at radius 2 is 1.97 bits per heavy atom. The molecule has 2 N–H and O–H groups in total. The Kier molecular flexibility index (Phi) is 6.36. The maximum absolute atomic E-state index is 12.8. The standard InChI is InChI=1S/C18H14N4O7S2/c1-2-29-15-7-10(3-6-14(15)23)8-16-17(24)20(18(30)31-16)19-12-5-4-11(21(25)26)9-13(12)22(27)28/h3-9,19,23H,2H2,1H3/b16-8+. The number of nitro groups is 2. The van der Waals surface area contributed by atoms with Crippen LogP contribution in [-0.2, 0) is 4.79 Å². The third-order valence-corrected chi connectivity index (χ3v) is 5.30. The van der Waals surface area contributed by atoms with Crippen LogP contribution in [0, 0.1) is 20.2 Å². The van der Waals surface area contributed by atoms with E-state index in [1.54, 1.807) is 19.1 Å². The molecule has 3 rings (SSSR count). The summed E-state index contributed by atoms with van der Waals surface area (Å²) in [5.41, 5.74) is 1.97. The summed E-state index contributed by atoms with van der Waals surface area (Å²) < 4.78 is 5.41. The Labute approximate surface area is 184 Å². The van der Waals surface area contributed by atoms with E-state index in [9.17, 15) is 30.1 Å². The summed E-state index contributed by atoms with van der Waals surface area (Å²) in [6, 6.07) is 7.57. The number of thioether (sulfide) groups is 1. The van der Waals surface area contributed by atoms with Gasteiger partial charge in [-0.25, -0.2) is 5.01 Å². The highest BCUT2D eigenvalue weighted by atomic mass is 32.2. The number of hydrogen-bond donors (Lipinski definition) is 2. The lowest BCUT2D eigenvalue weighted by Crippen LogP contribution is -2.34. The monoisotopic (exact) mass is 462 g/mol. The summed E-state index contributed by atoms with van der Waals surface area (Å²) in [7, 11) is 0. The van der Waals surface area contributed by atoms with Gasteiger partial charge in [0, 0.05) is 6.07 Å². The van der Waals surface area contributed by atoms with Crippen molar-refractivity contribution in [1.82, 2.24) is 5.01 Å². The van der Waals surface area contributed by atoms with Crippen LogP contribution in [0.25, 0.3) is 6.08 Å². The maximum atomic E-state index is 12.8. The van der Waals surface area contributed by atoms with Crippen molar-refractivity contribution in [3.63, 3.8) is 0 Å². The largest absolute Gasteiger partial charge is 0.504 e. The van der Waals surface area contributed by atoms with Gasteiger partial charge in [-0.05, 0) is 49.0 Å². The molecule has 1 aliphatic heterocycles. The number of nitro benzene ring substituents is 2. The molecule has 0 aromatic heterocycles. The number of nitrogens with zero attached hydrogens (tertiary/aromatic N) is 3. The Bertz CT molecular complexity index is 1140. The Morgan fingerprint density at radius 3 is 2.61 bits per heavy atom. The number of thiocarbonyl (C=S) groups is 1. The van der Waals surface area contributed by atoms with Crippen LogP contribution in [-0.4, -0.2) is 36.8 Å². The van der Waals surface area contributed by atoms with Crippen LogP contribution in [0.5, 0.6) is 11.5 Å². The van der Waals surface area contributed by atoms with Crippen molar-refractivity contribution in [2.24, 2.45) is 0 Å². The van der Waals surface area contributed by atoms with Gasteiger partial charge in [0.25, 0.3) is 11.6 Å². The van der Waals surface area contributed by atoms with E-state index in [1.807, 2.05) is 0 Å². The zero-order valence-corrected chi connectivity index (χ0v) is 17.4. The molecule has 2 aromatic carbocycles. The number of nitrogens with one attached hydrogen (secondary N) is 1. The molecule has 0 spiro atoms. The smallest absolute Gasteiger partial charge is 0.300 e. The van der Waals surface area contributed by atoms with E-state index in [0.29, 0.717) is 12.2 Å². The minimum Gasteiger partial charge on any atom is -0.504 e. The number of rotatable bonds is 7. The number of anilines is 1. The van der Waals surface area contributed by atoms with E-state index in [2.05, 4.69) is 5.43 Å². The van der Waals surface area contributed by atoms with Crippen molar-refractivity contribution < 1.29 is 24.5 Å². The van der Waals surface area contributed by atoms with Gasteiger partial charge in [-0.1, -0.05) is 17.8 Å². The van der Waals surface area contributed by atoms with E-state index in [-0.39, 0.29) is 26.4 Å². The van der Waals surface area contributed by atoms with Crippen molar-refractivity contribution in [2.45, 2.75) is 6.92 Å². The minimum atomic E-state index is -0.797. The van der Waals surface area contributed by atoms with Gasteiger partial charge in [0.1, 0.15) is 5.69 Å². The molecule has 0 saturated carbocycles. The van der Waals surface area contributed by atoms with Crippen LogP contribution in [0.15, 0.2) is 41.3 Å². The maximum Gasteiger partial charge on any atom is 0.300 e. The minimum absolute atomic E-state index is 0.0429. The van der Waals surface area contributed by atoms with Crippen LogP contribution in [0.2, 0.25) is 0 Å². The number of ether oxygens (including phenoxy) is 1. The number of carbonyl (C=O) groups excluding carboxylic acids is 1. The molecule has 11 nitrogen and oxygen atoms in total. The van der Waals surface area contributed by atoms with Gasteiger partial charge in [-0.15, -0.1) is 0 Å². The molecule has 0 atom stereocenters. The number of aromatic hydroxyl groups is 1. The predicted octanol–water partition coefficient (Wildman–Crippen LogP) is 3.84. The van der Waals surface area contributed by atoms with Crippen molar-refractivity contribution >= 4 is 57.3 Å². The summed E-state index contributed by atoms with van der Waals surface area (Å²) in [5.74, 6) is -0.348. The molecular formula is C18H14N4O7S2. The molecule has 1 amide bonds. The van der Waals surface area contributed by atoms with Gasteiger partial charge in [-0.2, -0.15) is 0 Å². The highest BCUT2D eigenvalue weighted by Gasteiger charge is 2.34. The topological polar surface area (TPSA) is 148 Å². The average Bonchev–Trinajstić information content (AvgIpc) is 2.98. The summed E-state index contributed by atoms with van der Waals surface area (Å²) >= 11 is 6.16. The first-order valence-electron chi connectivity index (χ1n) is 8.64. The van der Waals surface area contributed by atoms with E-state index >= 15 is 0 Å². The number of phenols is 1. The van der Waals surface area contributed by atoms with Crippen molar-refractivity contribution in [2.75, 3.05) is 12.0 Å². The normalized spacial score (nSPS) is 14.7. The molecule has 1 fully saturated rings. The number of non-ortho nitro benzene ring substituents is 1. The zero-order chi connectivity index (χ0) is 22.7. The first-order chi connectivity index (χ1) is 14.7. The predicted molar refractivity (Wildman–Crippen MR) is 118 cm³/mol. The molecule has 1 aliphatic rings. The summed E-state index contributed by atoms with van der Waals surface area (Å²) in [4.78, 5) is 33.7. The molecule has 0 unspecified atom stereocenters. The van der Waals surface area contributed by atoms with Gasteiger partial charge in [0.15, 0.2) is 15.8 Å². The van der Waals surface area contributed by atoms with Crippen LogP contribution < -0.4 is 10.2 Å². The average molecular weight is 462 g/mol. The van der Waals surface area contributed by atoms with E-state index < -0.39 is 27.1 Å². The number of benzene rings is 2. The molecule has 2 aromatic rings. The molecule has 1 heterocycles. The van der Waals surface area contributed by atoms with Gasteiger partial charge in [-0.3, -0.25) is 30.4 Å². The van der Waals surface area contributed by atoms with Crippen molar-refractivity contribution in [3.8, 4) is 11.5 Å². The number of amides is 1. The fraction of sp³-hybridized carbons (Fsp3) is 0.111. The van der Waals surface area contributed by atoms with Crippen molar-refractivity contribution in [3.05, 3.63) is 67.1 Å². The summed E-state index contributed by atoms with van der Waals surface area (Å²) in [5, 5.41) is 32.9. The highest BCUT2D eigenvalue weighted by molar-refractivity contribution is 8.26. The van der Waals surface area contributed by atoms with Crippen molar-refractivity contribution in [1.29, 1.82) is 0 Å².